The molecule has 1 aromatic rings. The average molecular weight is 305 g/mol. The lowest BCUT2D eigenvalue weighted by Gasteiger charge is -2.37. The van der Waals surface area contributed by atoms with Gasteiger partial charge in [0.25, 0.3) is 0 Å². The number of methoxy groups -OCH3 is 1. The minimum atomic E-state index is -0.732. The van der Waals surface area contributed by atoms with Crippen LogP contribution < -0.4 is 10.1 Å². The van der Waals surface area contributed by atoms with Gasteiger partial charge in [0, 0.05) is 36.5 Å². The van der Waals surface area contributed by atoms with Crippen LogP contribution in [0.4, 0.5) is 0 Å². The predicted octanol–water partition coefficient (Wildman–Crippen LogP) is 1.51. The van der Waals surface area contributed by atoms with Gasteiger partial charge in [-0.05, 0) is 51.8 Å². The molecule has 2 fully saturated rings. The Hall–Kier alpha value is -1.17. The first kappa shape index (κ1) is 15.7. The first-order chi connectivity index (χ1) is 10.6. The molecule has 0 bridgehead atoms. The summed E-state index contributed by atoms with van der Waals surface area (Å²) in [6.07, 6.45) is 6.60. The first-order valence-corrected chi connectivity index (χ1v) is 8.26. The van der Waals surface area contributed by atoms with Gasteiger partial charge in [-0.15, -0.1) is 0 Å². The summed E-state index contributed by atoms with van der Waals surface area (Å²) in [7, 11) is 3.78. The molecule has 5 nitrogen and oxygen atoms in total. The second-order valence-corrected chi connectivity index (χ2v) is 6.81. The molecule has 3 rings (SSSR count). The number of rotatable bonds is 4. The molecule has 22 heavy (non-hydrogen) atoms. The summed E-state index contributed by atoms with van der Waals surface area (Å²) >= 11 is 0. The van der Waals surface area contributed by atoms with Gasteiger partial charge < -0.3 is 20.1 Å². The Morgan fingerprint density at radius 3 is 2.59 bits per heavy atom. The molecule has 1 saturated carbocycles. The highest BCUT2D eigenvalue weighted by atomic mass is 16.5. The van der Waals surface area contributed by atoms with Gasteiger partial charge in [0.15, 0.2) is 0 Å². The van der Waals surface area contributed by atoms with Gasteiger partial charge in [-0.2, -0.15) is 0 Å². The van der Waals surface area contributed by atoms with E-state index in [1.165, 1.54) is 13.0 Å². The fourth-order valence-electron chi connectivity index (χ4n) is 3.73. The van der Waals surface area contributed by atoms with Crippen LogP contribution in [0, 0.1) is 0 Å². The molecule has 0 spiro atoms. The van der Waals surface area contributed by atoms with E-state index in [1.807, 2.05) is 12.1 Å². The quantitative estimate of drug-likeness (QED) is 0.883. The van der Waals surface area contributed by atoms with Crippen LogP contribution in [0.1, 0.15) is 37.7 Å². The van der Waals surface area contributed by atoms with E-state index < -0.39 is 5.60 Å². The molecule has 122 valence electrons. The monoisotopic (exact) mass is 305 g/mol. The number of hydrogen-bond acceptors (Lipinski definition) is 5. The highest BCUT2D eigenvalue weighted by Crippen LogP contribution is 2.37. The molecule has 5 heteroatoms. The third-order valence-corrected chi connectivity index (χ3v) is 5.16. The minimum Gasteiger partial charge on any atom is -0.481 e. The third-order valence-electron chi connectivity index (χ3n) is 5.16. The average Bonchev–Trinajstić information content (AvgIpc) is 2.95. The van der Waals surface area contributed by atoms with Gasteiger partial charge in [0.05, 0.1) is 12.7 Å². The van der Waals surface area contributed by atoms with Crippen molar-refractivity contribution in [2.45, 2.75) is 49.8 Å². The zero-order valence-corrected chi connectivity index (χ0v) is 13.6. The van der Waals surface area contributed by atoms with E-state index in [9.17, 15) is 5.11 Å². The van der Waals surface area contributed by atoms with Crippen molar-refractivity contribution in [3.63, 3.8) is 0 Å². The highest BCUT2D eigenvalue weighted by molar-refractivity contribution is 5.24. The van der Waals surface area contributed by atoms with Gasteiger partial charge in [-0.25, -0.2) is 4.98 Å². The van der Waals surface area contributed by atoms with E-state index in [0.29, 0.717) is 18.0 Å². The normalized spacial score (nSPS) is 33.0. The van der Waals surface area contributed by atoms with E-state index >= 15 is 0 Å². The summed E-state index contributed by atoms with van der Waals surface area (Å²) < 4.78 is 5.08. The number of aliphatic hydroxyl groups is 1. The Labute approximate surface area is 132 Å². The molecule has 1 saturated heterocycles. The number of nitrogens with zero attached hydrogens (tertiary/aromatic N) is 2. The highest BCUT2D eigenvalue weighted by Gasteiger charge is 2.36. The van der Waals surface area contributed by atoms with E-state index in [-0.39, 0.29) is 0 Å². The van der Waals surface area contributed by atoms with Crippen LogP contribution in [0.3, 0.4) is 0 Å². The van der Waals surface area contributed by atoms with Gasteiger partial charge in [0.2, 0.25) is 5.88 Å². The van der Waals surface area contributed by atoms with Crippen LogP contribution in [0.5, 0.6) is 5.88 Å². The molecule has 1 aliphatic carbocycles. The van der Waals surface area contributed by atoms with Gasteiger partial charge in [0.1, 0.15) is 0 Å². The van der Waals surface area contributed by atoms with E-state index in [0.717, 1.165) is 37.8 Å². The molecule has 2 heterocycles. The second-order valence-electron chi connectivity index (χ2n) is 6.81. The number of aromatic nitrogens is 1. The fraction of sp³-hybridized carbons (Fsp3) is 0.706. The van der Waals surface area contributed by atoms with Crippen molar-refractivity contribution in [1.82, 2.24) is 15.2 Å². The number of likely N-dealkylation sites (N-methyl/N-ethyl adjacent to an activating group) is 1. The van der Waals surface area contributed by atoms with E-state index in [2.05, 4.69) is 22.2 Å². The maximum absolute atomic E-state index is 10.9. The summed E-state index contributed by atoms with van der Waals surface area (Å²) in [5.74, 6) is 0.591. The largest absolute Gasteiger partial charge is 0.481 e. The van der Waals surface area contributed by atoms with Crippen molar-refractivity contribution < 1.29 is 9.84 Å². The third kappa shape index (κ3) is 3.42. The van der Waals surface area contributed by atoms with Crippen molar-refractivity contribution in [3.05, 3.63) is 23.9 Å². The lowest BCUT2D eigenvalue weighted by atomic mass is 9.78. The Bertz CT molecular complexity index is 483. The predicted molar refractivity (Wildman–Crippen MR) is 86.0 cm³/mol. The SMILES string of the molecule is COc1ccc(C2(O)CCC(NC3CCN(C)C3)CC2)cn1. The molecular formula is C17H27N3O2. The minimum absolute atomic E-state index is 0.531. The smallest absolute Gasteiger partial charge is 0.212 e. The maximum atomic E-state index is 10.9. The molecule has 1 aliphatic heterocycles. The van der Waals surface area contributed by atoms with Crippen molar-refractivity contribution in [2.75, 3.05) is 27.2 Å². The van der Waals surface area contributed by atoms with E-state index in [1.54, 1.807) is 13.3 Å². The number of likely N-dealkylation sites (tertiary alicyclic amines) is 1. The maximum Gasteiger partial charge on any atom is 0.212 e. The molecule has 2 N–H and O–H groups in total. The number of nitrogens with one attached hydrogen (secondary N) is 1. The van der Waals surface area contributed by atoms with Crippen molar-refractivity contribution in [1.29, 1.82) is 0 Å². The van der Waals surface area contributed by atoms with E-state index in [4.69, 9.17) is 4.74 Å². The number of pyridine rings is 1. The van der Waals surface area contributed by atoms with Crippen molar-refractivity contribution in [2.24, 2.45) is 0 Å². The zero-order chi connectivity index (χ0) is 15.6. The molecular weight excluding hydrogens is 278 g/mol. The molecule has 1 atom stereocenters. The van der Waals surface area contributed by atoms with Crippen LogP contribution in [0.25, 0.3) is 0 Å². The number of hydrogen-bond donors (Lipinski definition) is 2. The Kier molecular flexibility index (Phi) is 4.66. The standard InChI is InChI=1S/C17H27N3O2/c1-20-10-7-15(12-20)19-14-5-8-17(21,9-6-14)13-3-4-16(22-2)18-11-13/h3-4,11,14-15,19,21H,5-10,12H2,1-2H3. The summed E-state index contributed by atoms with van der Waals surface area (Å²) in [6.45, 7) is 2.33. The molecule has 0 amide bonds. The van der Waals surface area contributed by atoms with Crippen molar-refractivity contribution in [3.8, 4) is 5.88 Å². The summed E-state index contributed by atoms with van der Waals surface area (Å²) in [4.78, 5) is 6.60. The summed E-state index contributed by atoms with van der Waals surface area (Å²) in [5, 5.41) is 14.7. The van der Waals surface area contributed by atoms with Gasteiger partial charge in [-0.3, -0.25) is 0 Å². The fourth-order valence-corrected chi connectivity index (χ4v) is 3.73. The van der Waals surface area contributed by atoms with Crippen LogP contribution >= 0.6 is 0 Å². The first-order valence-electron chi connectivity index (χ1n) is 8.26. The van der Waals surface area contributed by atoms with Gasteiger partial charge >= 0.3 is 0 Å². The van der Waals surface area contributed by atoms with Crippen LogP contribution in [-0.4, -0.2) is 54.3 Å². The molecule has 1 aromatic heterocycles. The number of ether oxygens (including phenoxy) is 1. The summed E-state index contributed by atoms with van der Waals surface area (Å²) in [5.41, 5.74) is 0.177. The topological polar surface area (TPSA) is 57.6 Å². The van der Waals surface area contributed by atoms with Crippen molar-refractivity contribution >= 4 is 0 Å². The molecule has 0 radical (unpaired) electrons. The lowest BCUT2D eigenvalue weighted by molar-refractivity contribution is -0.00959. The Morgan fingerprint density at radius 2 is 2.05 bits per heavy atom. The second kappa shape index (κ2) is 6.52. The zero-order valence-electron chi connectivity index (χ0n) is 13.6. The lowest BCUT2D eigenvalue weighted by Crippen LogP contribution is -2.44. The van der Waals surface area contributed by atoms with Gasteiger partial charge in [-0.1, -0.05) is 0 Å². The van der Waals surface area contributed by atoms with Crippen LogP contribution in [-0.2, 0) is 5.60 Å². The van der Waals surface area contributed by atoms with Crippen LogP contribution in [0.2, 0.25) is 0 Å². The Balaban J connectivity index is 1.55. The summed E-state index contributed by atoms with van der Waals surface area (Å²) in [6, 6.07) is 4.91. The van der Waals surface area contributed by atoms with Crippen LogP contribution in [0.15, 0.2) is 18.3 Å². The molecule has 2 aliphatic rings. The Morgan fingerprint density at radius 1 is 1.27 bits per heavy atom. The molecule has 0 aromatic carbocycles. The molecule has 1 unspecified atom stereocenters.